The van der Waals surface area contributed by atoms with Gasteiger partial charge in [0, 0.05) is 11.8 Å². The number of ketones is 1. The first kappa shape index (κ1) is 14.2. The third-order valence-corrected chi connectivity index (χ3v) is 3.76. The molecule has 2 aromatic heterocycles. The molecule has 114 valence electrons. The molecule has 0 aliphatic carbocycles. The first-order valence-corrected chi connectivity index (χ1v) is 6.97. The van der Waals surface area contributed by atoms with E-state index in [9.17, 15) is 14.4 Å². The van der Waals surface area contributed by atoms with E-state index in [0.29, 0.717) is 18.6 Å². The highest BCUT2D eigenvalue weighted by Crippen LogP contribution is 2.25. The van der Waals surface area contributed by atoms with E-state index in [0.717, 1.165) is 5.69 Å². The zero-order chi connectivity index (χ0) is 15.9. The molecule has 0 fully saturated rings. The van der Waals surface area contributed by atoms with Gasteiger partial charge in [0.25, 0.3) is 11.5 Å². The Morgan fingerprint density at radius 2 is 2.18 bits per heavy atom. The molecule has 0 radical (unpaired) electrons. The normalized spacial score (nSPS) is 16.4. The van der Waals surface area contributed by atoms with E-state index < -0.39 is 11.9 Å². The molecule has 7 heteroatoms. The Bertz CT molecular complexity index is 818. The van der Waals surface area contributed by atoms with Gasteiger partial charge in [0.15, 0.2) is 11.5 Å². The fourth-order valence-electron chi connectivity index (χ4n) is 2.69. The molecule has 0 bridgehead atoms. The number of hydrogen-bond donors (Lipinski definition) is 1. The Morgan fingerprint density at radius 1 is 1.41 bits per heavy atom. The van der Waals surface area contributed by atoms with E-state index >= 15 is 0 Å². The molecule has 0 spiro atoms. The highest BCUT2D eigenvalue weighted by Gasteiger charge is 2.27. The number of fused-ring (bicyclic) bond motifs is 1. The Kier molecular flexibility index (Phi) is 3.40. The van der Waals surface area contributed by atoms with Gasteiger partial charge in [-0.3, -0.25) is 14.4 Å². The van der Waals surface area contributed by atoms with Crippen molar-refractivity contribution in [3.8, 4) is 0 Å². The van der Waals surface area contributed by atoms with Crippen molar-refractivity contribution in [3.63, 3.8) is 0 Å². The second-order valence-corrected chi connectivity index (χ2v) is 5.36. The van der Waals surface area contributed by atoms with Gasteiger partial charge < -0.3 is 14.4 Å². The Labute approximate surface area is 125 Å². The molecule has 0 saturated carbocycles. The van der Waals surface area contributed by atoms with Crippen molar-refractivity contribution >= 4 is 17.4 Å². The molecule has 1 aliphatic heterocycles. The quantitative estimate of drug-likeness (QED) is 0.926. The number of rotatable bonds is 3. The van der Waals surface area contributed by atoms with Crippen LogP contribution in [0.3, 0.4) is 0 Å². The summed E-state index contributed by atoms with van der Waals surface area (Å²) in [4.78, 5) is 36.2. The Hall–Kier alpha value is -2.70. The van der Waals surface area contributed by atoms with Crippen LogP contribution in [0.5, 0.6) is 0 Å². The van der Waals surface area contributed by atoms with Gasteiger partial charge in [-0.05, 0) is 38.8 Å². The summed E-state index contributed by atoms with van der Waals surface area (Å²) in [6, 6.07) is 4.35. The second-order valence-electron chi connectivity index (χ2n) is 5.36. The SMILES string of the molecule is CC(=O)[C@@H]1CCc2ccc(NC(=O)c3cc(C)on3)c(=O)n21. The van der Waals surface area contributed by atoms with E-state index in [1.165, 1.54) is 17.6 Å². The average Bonchev–Trinajstić information content (AvgIpc) is 3.08. The van der Waals surface area contributed by atoms with Crippen molar-refractivity contribution in [1.29, 1.82) is 0 Å². The molecular formula is C15H15N3O4. The molecule has 1 atom stereocenters. The van der Waals surface area contributed by atoms with E-state index in [1.807, 2.05) is 0 Å². The number of anilines is 1. The molecule has 2 aromatic rings. The minimum absolute atomic E-state index is 0.0588. The number of amides is 1. The number of aromatic nitrogens is 2. The number of pyridine rings is 1. The van der Waals surface area contributed by atoms with Gasteiger partial charge in [0.2, 0.25) is 0 Å². The first-order valence-electron chi connectivity index (χ1n) is 6.97. The fourth-order valence-corrected chi connectivity index (χ4v) is 2.69. The molecule has 1 aliphatic rings. The van der Waals surface area contributed by atoms with Crippen LogP contribution in [0.1, 0.15) is 41.3 Å². The van der Waals surface area contributed by atoms with Crippen LogP contribution in [-0.4, -0.2) is 21.4 Å². The van der Waals surface area contributed by atoms with Crippen LogP contribution in [-0.2, 0) is 11.2 Å². The van der Waals surface area contributed by atoms with Gasteiger partial charge in [-0.15, -0.1) is 0 Å². The molecule has 0 saturated heterocycles. The third kappa shape index (κ3) is 2.34. The van der Waals surface area contributed by atoms with Crippen molar-refractivity contribution in [2.24, 2.45) is 0 Å². The van der Waals surface area contributed by atoms with Gasteiger partial charge in [-0.1, -0.05) is 5.16 Å². The van der Waals surface area contributed by atoms with Crippen molar-refractivity contribution in [1.82, 2.24) is 9.72 Å². The number of carbonyl (C=O) groups excluding carboxylic acids is 2. The summed E-state index contributed by atoms with van der Waals surface area (Å²) in [6.07, 6.45) is 1.29. The van der Waals surface area contributed by atoms with Crippen LogP contribution >= 0.6 is 0 Å². The maximum absolute atomic E-state index is 12.5. The van der Waals surface area contributed by atoms with Gasteiger partial charge in [-0.2, -0.15) is 0 Å². The monoisotopic (exact) mass is 301 g/mol. The van der Waals surface area contributed by atoms with Crippen LogP contribution in [0.2, 0.25) is 0 Å². The minimum atomic E-state index is -0.521. The van der Waals surface area contributed by atoms with Crippen molar-refractivity contribution in [3.05, 3.63) is 45.7 Å². The minimum Gasteiger partial charge on any atom is -0.361 e. The summed E-state index contributed by atoms with van der Waals surface area (Å²) in [6.45, 7) is 3.14. The Morgan fingerprint density at radius 3 is 2.82 bits per heavy atom. The topological polar surface area (TPSA) is 94.2 Å². The smallest absolute Gasteiger partial charge is 0.278 e. The largest absolute Gasteiger partial charge is 0.361 e. The molecule has 1 N–H and O–H groups in total. The zero-order valence-corrected chi connectivity index (χ0v) is 12.3. The van der Waals surface area contributed by atoms with Gasteiger partial charge >= 0.3 is 0 Å². The lowest BCUT2D eigenvalue weighted by molar-refractivity contribution is -0.119. The summed E-state index contributed by atoms with van der Waals surface area (Å²) in [5.41, 5.74) is 0.664. The van der Waals surface area contributed by atoms with Crippen molar-refractivity contribution < 1.29 is 14.1 Å². The predicted octanol–water partition coefficient (Wildman–Crippen LogP) is 1.47. The zero-order valence-electron chi connectivity index (χ0n) is 12.3. The van der Waals surface area contributed by atoms with Crippen LogP contribution in [0.25, 0.3) is 0 Å². The second kappa shape index (κ2) is 5.25. The molecule has 1 amide bonds. The average molecular weight is 301 g/mol. The number of hydrogen-bond acceptors (Lipinski definition) is 5. The van der Waals surface area contributed by atoms with E-state index in [4.69, 9.17) is 4.52 Å². The highest BCUT2D eigenvalue weighted by atomic mass is 16.5. The molecular weight excluding hydrogens is 286 g/mol. The van der Waals surface area contributed by atoms with Crippen LogP contribution in [0.4, 0.5) is 5.69 Å². The number of Topliss-reactive ketones (excluding diaryl/α,β-unsaturated/α-hetero) is 1. The molecule has 0 aromatic carbocycles. The summed E-state index contributed by atoms with van der Waals surface area (Å²) in [5.74, 6) is -0.0733. The number of aryl methyl sites for hydroxylation is 2. The highest BCUT2D eigenvalue weighted by molar-refractivity contribution is 6.02. The third-order valence-electron chi connectivity index (χ3n) is 3.76. The maximum Gasteiger partial charge on any atom is 0.278 e. The van der Waals surface area contributed by atoms with Gasteiger partial charge in [0.05, 0.1) is 6.04 Å². The fraction of sp³-hybridized carbons (Fsp3) is 0.333. The van der Waals surface area contributed by atoms with Crippen molar-refractivity contribution in [2.45, 2.75) is 32.7 Å². The molecule has 0 unspecified atom stereocenters. The first-order chi connectivity index (χ1) is 10.5. The lowest BCUT2D eigenvalue weighted by atomic mass is 10.1. The molecule has 3 heterocycles. The molecule has 7 nitrogen and oxygen atoms in total. The van der Waals surface area contributed by atoms with Crippen LogP contribution < -0.4 is 10.9 Å². The summed E-state index contributed by atoms with van der Waals surface area (Å²) < 4.78 is 6.30. The van der Waals surface area contributed by atoms with Crippen LogP contribution in [0, 0.1) is 6.92 Å². The summed E-state index contributed by atoms with van der Waals surface area (Å²) in [7, 11) is 0. The lowest BCUT2D eigenvalue weighted by Gasteiger charge is -2.13. The predicted molar refractivity (Wildman–Crippen MR) is 77.9 cm³/mol. The van der Waals surface area contributed by atoms with Crippen LogP contribution in [0.15, 0.2) is 27.5 Å². The number of carbonyl (C=O) groups is 2. The lowest BCUT2D eigenvalue weighted by Crippen LogP contribution is -2.30. The Balaban J connectivity index is 1.93. The van der Waals surface area contributed by atoms with E-state index in [-0.39, 0.29) is 22.7 Å². The molecule has 3 rings (SSSR count). The summed E-state index contributed by atoms with van der Waals surface area (Å²) >= 11 is 0. The molecule has 22 heavy (non-hydrogen) atoms. The number of nitrogens with zero attached hydrogens (tertiary/aromatic N) is 2. The van der Waals surface area contributed by atoms with Crippen molar-refractivity contribution in [2.75, 3.05) is 5.32 Å². The standard InChI is InChI=1S/C15H15N3O4/c1-8-7-12(17-22-8)14(20)16-11-5-3-10-4-6-13(9(2)19)18(10)15(11)21/h3,5,7,13H,4,6H2,1-2H3,(H,16,20)/t13-/m0/s1. The van der Waals surface area contributed by atoms with E-state index in [1.54, 1.807) is 19.1 Å². The maximum atomic E-state index is 12.5. The van der Waals surface area contributed by atoms with Gasteiger partial charge in [0.1, 0.15) is 11.4 Å². The number of nitrogens with one attached hydrogen (secondary N) is 1. The van der Waals surface area contributed by atoms with Gasteiger partial charge in [-0.25, -0.2) is 0 Å². The van der Waals surface area contributed by atoms with E-state index in [2.05, 4.69) is 10.5 Å². The summed E-state index contributed by atoms with van der Waals surface area (Å²) in [5, 5.41) is 6.13.